The number of amides is 1. The number of carbonyl (C=O) groups excluding carboxylic acids is 1. The first-order valence-corrected chi connectivity index (χ1v) is 8.93. The molecule has 28 heavy (non-hydrogen) atoms. The summed E-state index contributed by atoms with van der Waals surface area (Å²) in [6.45, 7) is 0.882. The van der Waals surface area contributed by atoms with E-state index in [1.165, 1.54) is 12.3 Å². The van der Waals surface area contributed by atoms with Gasteiger partial charge in [-0.25, -0.2) is 9.97 Å². The van der Waals surface area contributed by atoms with Gasteiger partial charge >= 0.3 is 0 Å². The number of nitrogens with zero attached hydrogens (tertiary/aromatic N) is 2. The molecule has 0 fully saturated rings. The van der Waals surface area contributed by atoms with Gasteiger partial charge in [-0.15, -0.1) is 0 Å². The molecular weight excluding hydrogens is 380 g/mol. The number of nitrogens with one attached hydrogen (secondary N) is 2. The number of hydrogen-bond acceptors (Lipinski definition) is 6. The molecule has 7 nitrogen and oxygen atoms in total. The van der Waals surface area contributed by atoms with Crippen LogP contribution in [0.15, 0.2) is 60.8 Å². The van der Waals surface area contributed by atoms with Crippen LogP contribution in [-0.2, 0) is 0 Å². The molecule has 0 saturated heterocycles. The predicted octanol–water partition coefficient (Wildman–Crippen LogP) is 3.88. The van der Waals surface area contributed by atoms with Gasteiger partial charge in [0.05, 0.1) is 24.4 Å². The molecule has 1 heterocycles. The van der Waals surface area contributed by atoms with Gasteiger partial charge < -0.3 is 20.1 Å². The molecular formula is C20H19ClN4O3. The first kappa shape index (κ1) is 19.4. The van der Waals surface area contributed by atoms with E-state index >= 15 is 0 Å². The van der Waals surface area contributed by atoms with Crippen LogP contribution in [0.2, 0.25) is 5.02 Å². The van der Waals surface area contributed by atoms with Gasteiger partial charge in [-0.2, -0.15) is 0 Å². The monoisotopic (exact) mass is 398 g/mol. The Balaban J connectivity index is 1.51. The van der Waals surface area contributed by atoms with Crippen LogP contribution in [0.3, 0.4) is 0 Å². The third-order valence-electron chi connectivity index (χ3n) is 3.72. The number of anilines is 2. The van der Waals surface area contributed by atoms with Crippen molar-refractivity contribution in [1.82, 2.24) is 9.97 Å². The smallest absolute Gasteiger partial charge is 0.274 e. The number of ether oxygens (including phenoxy) is 2. The second-order valence-corrected chi connectivity index (χ2v) is 6.06. The minimum Gasteiger partial charge on any atom is -0.497 e. The van der Waals surface area contributed by atoms with Gasteiger partial charge in [0.1, 0.15) is 23.8 Å². The topological polar surface area (TPSA) is 85.4 Å². The van der Waals surface area contributed by atoms with Crippen LogP contribution in [0.5, 0.6) is 11.5 Å². The van der Waals surface area contributed by atoms with Gasteiger partial charge in [-0.05, 0) is 42.5 Å². The first-order chi connectivity index (χ1) is 13.7. The summed E-state index contributed by atoms with van der Waals surface area (Å²) in [7, 11) is 1.61. The maximum atomic E-state index is 12.4. The van der Waals surface area contributed by atoms with Crippen LogP contribution in [0.4, 0.5) is 11.6 Å². The lowest BCUT2D eigenvalue weighted by Crippen LogP contribution is -2.17. The highest BCUT2D eigenvalue weighted by Gasteiger charge is 2.10. The molecule has 0 bridgehead atoms. The second kappa shape index (κ2) is 9.57. The molecule has 3 rings (SSSR count). The van der Waals surface area contributed by atoms with Crippen molar-refractivity contribution in [3.63, 3.8) is 0 Å². The van der Waals surface area contributed by atoms with Crippen molar-refractivity contribution < 1.29 is 14.3 Å². The van der Waals surface area contributed by atoms with Crippen molar-refractivity contribution in [2.45, 2.75) is 0 Å². The van der Waals surface area contributed by atoms with E-state index in [1.54, 1.807) is 31.4 Å². The van der Waals surface area contributed by atoms with Gasteiger partial charge in [0, 0.05) is 6.20 Å². The molecule has 0 aliphatic rings. The Morgan fingerprint density at radius 2 is 1.82 bits per heavy atom. The molecule has 2 aromatic carbocycles. The quantitative estimate of drug-likeness (QED) is 0.560. The summed E-state index contributed by atoms with van der Waals surface area (Å²) in [5.74, 6) is 1.47. The van der Waals surface area contributed by atoms with Crippen molar-refractivity contribution in [2.24, 2.45) is 0 Å². The molecule has 0 radical (unpaired) electrons. The van der Waals surface area contributed by atoms with E-state index in [0.29, 0.717) is 29.8 Å². The van der Waals surface area contributed by atoms with Crippen LogP contribution in [0, 0.1) is 0 Å². The Kier molecular flexibility index (Phi) is 6.64. The molecule has 8 heteroatoms. The Morgan fingerprint density at radius 1 is 1.07 bits per heavy atom. The van der Waals surface area contributed by atoms with Gasteiger partial charge in [0.25, 0.3) is 5.91 Å². The highest BCUT2D eigenvalue weighted by Crippen LogP contribution is 2.21. The van der Waals surface area contributed by atoms with E-state index in [2.05, 4.69) is 20.6 Å². The summed E-state index contributed by atoms with van der Waals surface area (Å²) in [4.78, 5) is 20.7. The highest BCUT2D eigenvalue weighted by atomic mass is 35.5. The van der Waals surface area contributed by atoms with Gasteiger partial charge in [-0.3, -0.25) is 4.79 Å². The number of carbonyl (C=O) groups is 1. The van der Waals surface area contributed by atoms with Crippen LogP contribution in [-0.4, -0.2) is 36.1 Å². The van der Waals surface area contributed by atoms with Gasteiger partial charge in [0.2, 0.25) is 5.95 Å². The number of aromatic nitrogens is 2. The summed E-state index contributed by atoms with van der Waals surface area (Å²) in [6, 6.07) is 15.8. The fourth-order valence-corrected chi connectivity index (χ4v) is 2.51. The fraction of sp³-hybridized carbons (Fsp3) is 0.150. The first-order valence-electron chi connectivity index (χ1n) is 8.55. The fourth-order valence-electron chi connectivity index (χ4n) is 2.32. The number of hydrogen-bond donors (Lipinski definition) is 2. The Labute approximate surface area is 167 Å². The average Bonchev–Trinajstić information content (AvgIpc) is 2.73. The van der Waals surface area contributed by atoms with E-state index in [1.807, 2.05) is 24.3 Å². The number of benzene rings is 2. The van der Waals surface area contributed by atoms with E-state index in [4.69, 9.17) is 21.1 Å². The summed E-state index contributed by atoms with van der Waals surface area (Å²) < 4.78 is 10.7. The van der Waals surface area contributed by atoms with Crippen LogP contribution in [0.25, 0.3) is 0 Å². The summed E-state index contributed by atoms with van der Waals surface area (Å²) in [5.41, 5.74) is 0.753. The SMILES string of the molecule is COc1ccc(OCCNc2nccc(C(=O)Nc3ccccc3Cl)n2)cc1. The molecule has 3 aromatic rings. The Bertz CT molecular complexity index is 935. The zero-order valence-corrected chi connectivity index (χ0v) is 15.9. The van der Waals surface area contributed by atoms with Crippen molar-refractivity contribution in [3.05, 3.63) is 71.5 Å². The summed E-state index contributed by atoms with van der Waals surface area (Å²) in [6.07, 6.45) is 1.52. The summed E-state index contributed by atoms with van der Waals surface area (Å²) in [5, 5.41) is 6.22. The van der Waals surface area contributed by atoms with Crippen molar-refractivity contribution in [1.29, 1.82) is 0 Å². The van der Waals surface area contributed by atoms with Crippen molar-refractivity contribution >= 4 is 29.1 Å². The molecule has 0 atom stereocenters. The Morgan fingerprint density at radius 3 is 2.57 bits per heavy atom. The average molecular weight is 399 g/mol. The minimum atomic E-state index is -0.368. The maximum absolute atomic E-state index is 12.4. The molecule has 0 unspecified atom stereocenters. The van der Waals surface area contributed by atoms with Crippen molar-refractivity contribution in [2.75, 3.05) is 30.9 Å². The summed E-state index contributed by atoms with van der Waals surface area (Å²) >= 11 is 6.06. The zero-order valence-electron chi connectivity index (χ0n) is 15.2. The van der Waals surface area contributed by atoms with Crippen LogP contribution in [0.1, 0.15) is 10.5 Å². The molecule has 0 aliphatic heterocycles. The van der Waals surface area contributed by atoms with Gasteiger partial charge in [-0.1, -0.05) is 23.7 Å². The number of methoxy groups -OCH3 is 1. The number of para-hydroxylation sites is 1. The van der Waals surface area contributed by atoms with E-state index < -0.39 is 0 Å². The van der Waals surface area contributed by atoms with Gasteiger partial charge in [0.15, 0.2) is 0 Å². The molecule has 2 N–H and O–H groups in total. The van der Waals surface area contributed by atoms with Crippen LogP contribution < -0.4 is 20.1 Å². The van der Waals surface area contributed by atoms with Crippen molar-refractivity contribution in [3.8, 4) is 11.5 Å². The van der Waals surface area contributed by atoms with Crippen LogP contribution >= 0.6 is 11.6 Å². The Hall–Kier alpha value is -3.32. The molecule has 144 valence electrons. The lowest BCUT2D eigenvalue weighted by Gasteiger charge is -2.09. The third kappa shape index (κ3) is 5.34. The standard InChI is InChI=1S/C20H19ClN4O3/c1-27-14-6-8-15(9-7-14)28-13-12-23-20-22-11-10-18(25-20)19(26)24-17-5-3-2-4-16(17)21/h2-11H,12-13H2,1H3,(H,24,26)(H,22,23,25). The second-order valence-electron chi connectivity index (χ2n) is 5.65. The highest BCUT2D eigenvalue weighted by molar-refractivity contribution is 6.33. The number of rotatable bonds is 8. The molecule has 1 amide bonds. The predicted molar refractivity (Wildman–Crippen MR) is 108 cm³/mol. The largest absolute Gasteiger partial charge is 0.497 e. The van der Waals surface area contributed by atoms with E-state index in [9.17, 15) is 4.79 Å². The zero-order chi connectivity index (χ0) is 19.8. The molecule has 0 aliphatic carbocycles. The molecule has 0 spiro atoms. The van der Waals surface area contributed by atoms with E-state index in [-0.39, 0.29) is 11.6 Å². The lowest BCUT2D eigenvalue weighted by molar-refractivity contribution is 0.102. The third-order valence-corrected chi connectivity index (χ3v) is 4.05. The lowest BCUT2D eigenvalue weighted by atomic mass is 10.3. The normalized spacial score (nSPS) is 10.2. The maximum Gasteiger partial charge on any atom is 0.274 e. The van der Waals surface area contributed by atoms with E-state index in [0.717, 1.165) is 11.5 Å². The number of halogens is 1. The molecule has 0 saturated carbocycles. The minimum absolute atomic E-state index is 0.230. The molecule has 1 aromatic heterocycles.